The van der Waals surface area contributed by atoms with Crippen molar-refractivity contribution < 1.29 is 0 Å². The zero-order chi connectivity index (χ0) is 12.8. The van der Waals surface area contributed by atoms with Crippen molar-refractivity contribution in [3.05, 3.63) is 18.0 Å². The quantitative estimate of drug-likeness (QED) is 0.829. The van der Waals surface area contributed by atoms with E-state index in [0.29, 0.717) is 0 Å². The van der Waals surface area contributed by atoms with Gasteiger partial charge >= 0.3 is 0 Å². The Kier molecular flexibility index (Phi) is 5.20. The van der Waals surface area contributed by atoms with Crippen LogP contribution in [0, 0.1) is 0 Å². The van der Waals surface area contributed by atoms with Gasteiger partial charge in [-0.3, -0.25) is 4.68 Å². The summed E-state index contributed by atoms with van der Waals surface area (Å²) in [5.74, 6) is 0. The summed E-state index contributed by atoms with van der Waals surface area (Å²) in [6, 6.07) is 0.780. The second kappa shape index (κ2) is 6.90. The molecule has 18 heavy (non-hydrogen) atoms. The largest absolute Gasteiger partial charge is 0.320 e. The van der Waals surface area contributed by atoms with Gasteiger partial charge in [0.15, 0.2) is 0 Å². The Bertz CT molecular complexity index is 347. The summed E-state index contributed by atoms with van der Waals surface area (Å²) in [7, 11) is 4.03. The molecule has 0 bridgehead atoms. The fourth-order valence-electron chi connectivity index (χ4n) is 2.87. The number of aromatic nitrogens is 2. The normalized spacial score (nSPS) is 21.3. The first kappa shape index (κ1) is 13.6. The summed E-state index contributed by atoms with van der Waals surface area (Å²) in [5, 5.41) is 7.51. The van der Waals surface area contributed by atoms with Crippen molar-refractivity contribution in [1.82, 2.24) is 20.0 Å². The number of piperidine rings is 1. The maximum absolute atomic E-state index is 4.24. The van der Waals surface area contributed by atoms with Gasteiger partial charge in [-0.25, -0.2) is 0 Å². The van der Waals surface area contributed by atoms with E-state index >= 15 is 0 Å². The summed E-state index contributed by atoms with van der Waals surface area (Å²) < 4.78 is 1.89. The van der Waals surface area contributed by atoms with Crippen LogP contribution in [0.2, 0.25) is 0 Å². The summed E-state index contributed by atoms with van der Waals surface area (Å²) in [6.45, 7) is 3.59. The third-order valence-corrected chi connectivity index (χ3v) is 3.92. The summed E-state index contributed by atoms with van der Waals surface area (Å²) in [6.07, 6.45) is 10.7. The monoisotopic (exact) mass is 250 g/mol. The molecular formula is C14H26N4. The molecule has 1 aliphatic rings. The minimum Gasteiger partial charge on any atom is -0.320 e. The smallest absolute Gasteiger partial charge is 0.0522 e. The molecular weight excluding hydrogens is 224 g/mol. The number of nitrogens with zero attached hydrogens (tertiary/aromatic N) is 3. The van der Waals surface area contributed by atoms with Crippen molar-refractivity contribution in [1.29, 1.82) is 0 Å². The molecule has 1 saturated heterocycles. The maximum atomic E-state index is 4.24. The third kappa shape index (κ3) is 3.82. The van der Waals surface area contributed by atoms with E-state index in [1.54, 1.807) is 0 Å². The van der Waals surface area contributed by atoms with E-state index in [-0.39, 0.29) is 0 Å². The van der Waals surface area contributed by atoms with Crippen LogP contribution in [-0.4, -0.2) is 47.4 Å². The van der Waals surface area contributed by atoms with E-state index in [4.69, 9.17) is 0 Å². The van der Waals surface area contributed by atoms with Crippen molar-refractivity contribution in [3.63, 3.8) is 0 Å². The van der Waals surface area contributed by atoms with Crippen molar-refractivity contribution in [3.8, 4) is 0 Å². The molecule has 0 aliphatic carbocycles. The van der Waals surface area contributed by atoms with E-state index in [1.807, 2.05) is 25.0 Å². The van der Waals surface area contributed by atoms with Crippen molar-refractivity contribution in [2.75, 3.05) is 26.7 Å². The van der Waals surface area contributed by atoms with Crippen molar-refractivity contribution >= 4 is 0 Å². The van der Waals surface area contributed by atoms with Crippen LogP contribution in [0.4, 0.5) is 0 Å². The Hall–Kier alpha value is -0.870. The minimum absolute atomic E-state index is 0.780. The Morgan fingerprint density at radius 1 is 1.44 bits per heavy atom. The molecule has 1 fully saturated rings. The molecule has 2 heterocycles. The molecule has 2 rings (SSSR count). The molecule has 1 atom stereocenters. The highest BCUT2D eigenvalue weighted by Crippen LogP contribution is 2.19. The molecule has 0 amide bonds. The van der Waals surface area contributed by atoms with Gasteiger partial charge in [0.2, 0.25) is 0 Å². The number of rotatable bonds is 6. The van der Waals surface area contributed by atoms with Crippen molar-refractivity contribution in [2.45, 2.75) is 38.1 Å². The average molecular weight is 250 g/mol. The van der Waals surface area contributed by atoms with E-state index in [0.717, 1.165) is 19.0 Å². The van der Waals surface area contributed by atoms with E-state index < -0.39 is 0 Å². The van der Waals surface area contributed by atoms with Crippen molar-refractivity contribution in [2.24, 2.45) is 7.05 Å². The number of aryl methyl sites for hydroxylation is 1. The molecule has 1 aliphatic heterocycles. The number of likely N-dealkylation sites (tertiary alicyclic amines) is 1. The third-order valence-electron chi connectivity index (χ3n) is 3.92. The molecule has 0 spiro atoms. The highest BCUT2D eigenvalue weighted by Gasteiger charge is 2.21. The molecule has 4 nitrogen and oxygen atoms in total. The summed E-state index contributed by atoms with van der Waals surface area (Å²) >= 11 is 0. The Labute approximate surface area is 110 Å². The molecule has 1 aromatic heterocycles. The summed E-state index contributed by atoms with van der Waals surface area (Å²) in [5.41, 5.74) is 1.36. The lowest BCUT2D eigenvalue weighted by Gasteiger charge is -2.35. The van der Waals surface area contributed by atoms with Crippen LogP contribution in [0.25, 0.3) is 0 Å². The van der Waals surface area contributed by atoms with Gasteiger partial charge in [-0.05, 0) is 51.4 Å². The Balaban J connectivity index is 1.81. The number of nitrogens with one attached hydrogen (secondary N) is 1. The van der Waals surface area contributed by atoms with Crippen LogP contribution in [0.1, 0.15) is 31.2 Å². The molecule has 1 N–H and O–H groups in total. The fourth-order valence-corrected chi connectivity index (χ4v) is 2.87. The lowest BCUT2D eigenvalue weighted by Crippen LogP contribution is -2.41. The fraction of sp³-hybridized carbons (Fsp3) is 0.786. The molecule has 0 saturated carbocycles. The average Bonchev–Trinajstić information content (AvgIpc) is 2.81. The second-order valence-corrected chi connectivity index (χ2v) is 5.35. The van der Waals surface area contributed by atoms with Crippen LogP contribution in [-0.2, 0) is 13.5 Å². The van der Waals surface area contributed by atoms with Gasteiger partial charge in [-0.2, -0.15) is 5.10 Å². The van der Waals surface area contributed by atoms with Gasteiger partial charge in [-0.1, -0.05) is 6.42 Å². The molecule has 1 unspecified atom stereocenters. The molecule has 0 radical (unpaired) electrons. The van der Waals surface area contributed by atoms with Gasteiger partial charge in [-0.15, -0.1) is 0 Å². The molecule has 1 aromatic rings. The number of hydrogen-bond acceptors (Lipinski definition) is 3. The van der Waals surface area contributed by atoms with E-state index in [2.05, 4.69) is 21.5 Å². The topological polar surface area (TPSA) is 33.1 Å². The number of hydrogen-bond donors (Lipinski definition) is 1. The molecule has 4 heteroatoms. The molecule has 102 valence electrons. The predicted molar refractivity (Wildman–Crippen MR) is 74.7 cm³/mol. The Morgan fingerprint density at radius 3 is 3.06 bits per heavy atom. The minimum atomic E-state index is 0.780. The van der Waals surface area contributed by atoms with Crippen LogP contribution in [0.3, 0.4) is 0 Å². The van der Waals surface area contributed by atoms with Crippen LogP contribution < -0.4 is 5.32 Å². The summed E-state index contributed by atoms with van der Waals surface area (Å²) in [4.78, 5) is 2.67. The van der Waals surface area contributed by atoms with E-state index in [1.165, 1.54) is 44.3 Å². The Morgan fingerprint density at radius 2 is 2.33 bits per heavy atom. The predicted octanol–water partition coefficient (Wildman–Crippen LogP) is 1.43. The highest BCUT2D eigenvalue weighted by atomic mass is 15.2. The van der Waals surface area contributed by atoms with Gasteiger partial charge in [0, 0.05) is 25.8 Å². The zero-order valence-electron chi connectivity index (χ0n) is 11.7. The first-order valence-corrected chi connectivity index (χ1v) is 7.16. The van der Waals surface area contributed by atoms with Gasteiger partial charge < -0.3 is 10.2 Å². The van der Waals surface area contributed by atoms with Gasteiger partial charge in [0.25, 0.3) is 0 Å². The highest BCUT2D eigenvalue weighted by molar-refractivity contribution is 5.04. The van der Waals surface area contributed by atoms with Gasteiger partial charge in [0.1, 0.15) is 0 Å². The zero-order valence-corrected chi connectivity index (χ0v) is 11.7. The standard InChI is InChI=1S/C14H26N4/c1-15-8-6-14-5-3-4-9-18(14)10-7-13-11-16-17(2)12-13/h11-12,14-15H,3-10H2,1-2H3. The second-order valence-electron chi connectivity index (χ2n) is 5.35. The van der Waals surface area contributed by atoms with Gasteiger partial charge in [0.05, 0.1) is 6.20 Å². The van der Waals surface area contributed by atoms with Crippen LogP contribution in [0.15, 0.2) is 12.4 Å². The molecule has 0 aromatic carbocycles. The SMILES string of the molecule is CNCCC1CCCCN1CCc1cnn(C)c1. The van der Waals surface area contributed by atoms with E-state index in [9.17, 15) is 0 Å². The first-order valence-electron chi connectivity index (χ1n) is 7.16. The lowest BCUT2D eigenvalue weighted by molar-refractivity contribution is 0.142. The first-order chi connectivity index (χ1) is 8.79. The lowest BCUT2D eigenvalue weighted by atomic mass is 9.99. The van der Waals surface area contributed by atoms with Crippen LogP contribution >= 0.6 is 0 Å². The van der Waals surface area contributed by atoms with Crippen LogP contribution in [0.5, 0.6) is 0 Å². The maximum Gasteiger partial charge on any atom is 0.0522 e.